The molecule has 2 fully saturated rings. The molecule has 5 rings (SSSR count). The first-order valence-corrected chi connectivity index (χ1v) is 11.9. The van der Waals surface area contributed by atoms with Crippen molar-refractivity contribution >= 4 is 22.4 Å². The minimum absolute atomic E-state index is 0.175. The zero-order chi connectivity index (χ0) is 20.5. The van der Waals surface area contributed by atoms with E-state index in [1.165, 1.54) is 10.4 Å². The lowest BCUT2D eigenvalue weighted by molar-refractivity contribution is -0.142. The van der Waals surface area contributed by atoms with Crippen molar-refractivity contribution in [1.29, 1.82) is 0 Å². The van der Waals surface area contributed by atoms with E-state index in [1.807, 2.05) is 11.0 Å². The standard InChI is InChI=1S/C23H28FN3O2S/c24-17-7-6-16-3-1-5-20-21(18(16)13-17)26-23(30-20)25-14-15-8-10-27(11-9-15)22(28)19-4-2-12-29-19/h6-7,13,15,19H,1-5,8-12,14H2,(H,25,26). The second kappa shape index (κ2) is 8.63. The fraction of sp³-hybridized carbons (Fsp3) is 0.565. The zero-order valence-electron chi connectivity index (χ0n) is 17.2. The van der Waals surface area contributed by atoms with Gasteiger partial charge in [-0.1, -0.05) is 6.07 Å². The summed E-state index contributed by atoms with van der Waals surface area (Å²) < 4.78 is 19.4. The van der Waals surface area contributed by atoms with Crippen molar-refractivity contribution in [2.45, 2.75) is 51.0 Å². The maximum atomic E-state index is 13.8. The summed E-state index contributed by atoms with van der Waals surface area (Å²) in [6.45, 7) is 3.20. The number of likely N-dealkylation sites (tertiary alicyclic amines) is 1. The van der Waals surface area contributed by atoms with E-state index in [-0.39, 0.29) is 17.8 Å². The highest BCUT2D eigenvalue weighted by molar-refractivity contribution is 7.16. The number of thiazole rings is 1. The predicted octanol–water partition coefficient (Wildman–Crippen LogP) is 4.27. The number of carbonyl (C=O) groups is 1. The van der Waals surface area contributed by atoms with E-state index in [0.717, 1.165) is 81.0 Å². The van der Waals surface area contributed by atoms with E-state index in [0.29, 0.717) is 12.5 Å². The van der Waals surface area contributed by atoms with Crippen LogP contribution in [0.25, 0.3) is 11.3 Å². The molecule has 2 aromatic rings. The normalized spacial score (nSPS) is 21.8. The quantitative estimate of drug-likeness (QED) is 0.789. The topological polar surface area (TPSA) is 54.5 Å². The number of aryl methyl sites for hydroxylation is 2. The van der Waals surface area contributed by atoms with Gasteiger partial charge >= 0.3 is 0 Å². The van der Waals surface area contributed by atoms with E-state index >= 15 is 0 Å². The number of aromatic nitrogens is 1. The van der Waals surface area contributed by atoms with E-state index in [2.05, 4.69) is 5.32 Å². The van der Waals surface area contributed by atoms with Crippen LogP contribution in [-0.2, 0) is 22.4 Å². The molecule has 0 saturated carbocycles. The first-order valence-electron chi connectivity index (χ1n) is 11.1. The van der Waals surface area contributed by atoms with Crippen LogP contribution in [0.3, 0.4) is 0 Å². The van der Waals surface area contributed by atoms with Crippen molar-refractivity contribution in [2.24, 2.45) is 5.92 Å². The lowest BCUT2D eigenvalue weighted by Crippen LogP contribution is -2.44. The van der Waals surface area contributed by atoms with Crippen LogP contribution in [0, 0.1) is 11.7 Å². The molecule has 7 heteroatoms. The van der Waals surface area contributed by atoms with Crippen LogP contribution >= 0.6 is 11.3 Å². The third-order valence-electron chi connectivity index (χ3n) is 6.55. The van der Waals surface area contributed by atoms with Gasteiger partial charge in [0.05, 0.1) is 5.69 Å². The Balaban J connectivity index is 1.19. The number of rotatable bonds is 4. The molecule has 2 aliphatic heterocycles. The van der Waals surface area contributed by atoms with E-state index < -0.39 is 0 Å². The Labute approximate surface area is 180 Å². The van der Waals surface area contributed by atoms with Gasteiger partial charge in [0.1, 0.15) is 11.9 Å². The summed E-state index contributed by atoms with van der Waals surface area (Å²) >= 11 is 1.70. The molecular weight excluding hydrogens is 401 g/mol. The summed E-state index contributed by atoms with van der Waals surface area (Å²) in [6, 6.07) is 5.08. The van der Waals surface area contributed by atoms with Crippen LogP contribution in [0.15, 0.2) is 18.2 Å². The Morgan fingerprint density at radius 3 is 2.90 bits per heavy atom. The molecule has 1 amide bonds. The third kappa shape index (κ3) is 4.10. The number of benzene rings is 1. The molecule has 2 saturated heterocycles. The van der Waals surface area contributed by atoms with Crippen LogP contribution in [0.1, 0.15) is 42.5 Å². The number of halogens is 1. The number of carbonyl (C=O) groups excluding carboxylic acids is 1. The molecule has 1 unspecified atom stereocenters. The van der Waals surface area contributed by atoms with Crippen molar-refractivity contribution < 1.29 is 13.9 Å². The Morgan fingerprint density at radius 2 is 2.10 bits per heavy atom. The number of fused-ring (bicyclic) bond motifs is 3. The molecular formula is C23H28FN3O2S. The highest BCUT2D eigenvalue weighted by Crippen LogP contribution is 2.37. The van der Waals surface area contributed by atoms with Gasteiger partial charge in [-0.25, -0.2) is 9.37 Å². The molecule has 5 nitrogen and oxygen atoms in total. The van der Waals surface area contributed by atoms with E-state index in [9.17, 15) is 9.18 Å². The maximum absolute atomic E-state index is 13.8. The van der Waals surface area contributed by atoms with Gasteiger partial charge in [0.15, 0.2) is 5.13 Å². The Hall–Kier alpha value is -1.99. The molecule has 1 aliphatic carbocycles. The van der Waals surface area contributed by atoms with Crippen molar-refractivity contribution in [2.75, 3.05) is 31.6 Å². The largest absolute Gasteiger partial charge is 0.368 e. The Kier molecular flexibility index (Phi) is 5.74. The van der Waals surface area contributed by atoms with Gasteiger partial charge in [0.2, 0.25) is 0 Å². The van der Waals surface area contributed by atoms with Gasteiger partial charge in [-0.15, -0.1) is 11.3 Å². The summed E-state index contributed by atoms with van der Waals surface area (Å²) in [7, 11) is 0. The molecule has 1 N–H and O–H groups in total. The van der Waals surface area contributed by atoms with Crippen LogP contribution in [0.4, 0.5) is 9.52 Å². The number of ether oxygens (including phenoxy) is 1. The van der Waals surface area contributed by atoms with Crippen molar-refractivity contribution in [3.8, 4) is 11.3 Å². The molecule has 30 heavy (non-hydrogen) atoms. The second-order valence-electron chi connectivity index (χ2n) is 8.60. The average Bonchev–Trinajstić information content (AvgIpc) is 3.41. The summed E-state index contributed by atoms with van der Waals surface area (Å²) in [5.74, 6) is 0.508. The van der Waals surface area contributed by atoms with Gasteiger partial charge in [-0.3, -0.25) is 4.79 Å². The highest BCUT2D eigenvalue weighted by Gasteiger charge is 2.31. The molecule has 160 valence electrons. The molecule has 0 bridgehead atoms. The smallest absolute Gasteiger partial charge is 0.251 e. The van der Waals surface area contributed by atoms with E-state index in [4.69, 9.17) is 9.72 Å². The zero-order valence-corrected chi connectivity index (χ0v) is 18.0. The van der Waals surface area contributed by atoms with Crippen molar-refractivity contribution in [3.05, 3.63) is 34.5 Å². The number of amides is 1. The van der Waals surface area contributed by atoms with Gasteiger partial charge in [-0.05, 0) is 68.6 Å². The lowest BCUT2D eigenvalue weighted by Gasteiger charge is -2.33. The van der Waals surface area contributed by atoms with Gasteiger partial charge < -0.3 is 15.0 Å². The average molecular weight is 430 g/mol. The molecule has 3 heterocycles. The number of nitrogens with zero attached hydrogens (tertiary/aromatic N) is 2. The SMILES string of the molecule is O=C(C1CCCO1)N1CCC(CNc2nc3c(s2)CCCc2ccc(F)cc2-3)CC1. The molecule has 3 aliphatic rings. The van der Waals surface area contributed by atoms with Crippen LogP contribution in [0.5, 0.6) is 0 Å². The minimum Gasteiger partial charge on any atom is -0.368 e. The fourth-order valence-electron chi connectivity index (χ4n) is 4.80. The molecule has 1 aromatic heterocycles. The number of hydrogen-bond donors (Lipinski definition) is 1. The maximum Gasteiger partial charge on any atom is 0.251 e. The Bertz CT molecular complexity index is 917. The van der Waals surface area contributed by atoms with Gasteiger partial charge in [-0.2, -0.15) is 0 Å². The lowest BCUT2D eigenvalue weighted by atomic mass is 9.96. The molecule has 1 atom stereocenters. The number of piperidine rings is 1. The van der Waals surface area contributed by atoms with Gasteiger partial charge in [0, 0.05) is 36.7 Å². The molecule has 1 aromatic carbocycles. The highest BCUT2D eigenvalue weighted by atomic mass is 32.1. The van der Waals surface area contributed by atoms with E-state index in [1.54, 1.807) is 23.5 Å². The van der Waals surface area contributed by atoms with Crippen LogP contribution in [0.2, 0.25) is 0 Å². The van der Waals surface area contributed by atoms with Gasteiger partial charge in [0.25, 0.3) is 5.91 Å². The summed E-state index contributed by atoms with van der Waals surface area (Å²) in [5.41, 5.74) is 3.09. The second-order valence-corrected chi connectivity index (χ2v) is 9.68. The van der Waals surface area contributed by atoms with Crippen molar-refractivity contribution in [1.82, 2.24) is 9.88 Å². The van der Waals surface area contributed by atoms with Crippen LogP contribution in [-0.4, -0.2) is 48.1 Å². The monoisotopic (exact) mass is 429 g/mol. The predicted molar refractivity (Wildman–Crippen MR) is 116 cm³/mol. The summed E-state index contributed by atoms with van der Waals surface area (Å²) in [5, 5.41) is 4.45. The van der Waals surface area contributed by atoms with Crippen LogP contribution < -0.4 is 5.32 Å². The summed E-state index contributed by atoms with van der Waals surface area (Å²) in [4.78, 5) is 20.6. The van der Waals surface area contributed by atoms with Crippen molar-refractivity contribution in [3.63, 3.8) is 0 Å². The Morgan fingerprint density at radius 1 is 1.23 bits per heavy atom. The molecule has 0 spiro atoms. The summed E-state index contributed by atoms with van der Waals surface area (Å²) in [6.07, 6.45) is 6.70. The first kappa shape index (κ1) is 19.9. The molecule has 0 radical (unpaired) electrons. The minimum atomic E-state index is -0.210. The first-order chi connectivity index (χ1) is 14.7. The number of hydrogen-bond acceptors (Lipinski definition) is 5. The number of nitrogens with one attached hydrogen (secondary N) is 1. The third-order valence-corrected chi connectivity index (χ3v) is 7.62. The fourth-order valence-corrected chi connectivity index (χ4v) is 5.82. The number of anilines is 1.